The lowest BCUT2D eigenvalue weighted by Gasteiger charge is -2.20. The molecule has 1 fully saturated rings. The number of ether oxygens (including phenoxy) is 2. The molecule has 0 aromatic heterocycles. The predicted octanol–water partition coefficient (Wildman–Crippen LogP) is 2.34. The lowest BCUT2D eigenvalue weighted by molar-refractivity contribution is -0.159. The van der Waals surface area contributed by atoms with E-state index in [4.69, 9.17) is 9.47 Å². The zero-order valence-corrected chi connectivity index (χ0v) is 9.93. The summed E-state index contributed by atoms with van der Waals surface area (Å²) < 4.78 is 10.6. The van der Waals surface area contributed by atoms with Crippen molar-refractivity contribution in [3.63, 3.8) is 0 Å². The summed E-state index contributed by atoms with van der Waals surface area (Å²) in [5, 5.41) is 0. The zero-order valence-electron chi connectivity index (χ0n) is 9.93. The number of benzene rings is 1. The first-order valence-electron chi connectivity index (χ1n) is 6.18. The number of hydrogen-bond donors (Lipinski definition) is 0. The molecule has 1 saturated heterocycles. The van der Waals surface area contributed by atoms with Crippen LogP contribution in [0.25, 0.3) is 0 Å². The van der Waals surface area contributed by atoms with Crippen LogP contribution in [0.3, 0.4) is 0 Å². The highest BCUT2D eigenvalue weighted by Crippen LogP contribution is 2.14. The first-order valence-corrected chi connectivity index (χ1v) is 6.18. The van der Waals surface area contributed by atoms with Gasteiger partial charge in [0.1, 0.15) is 0 Å². The molecule has 0 bridgehead atoms. The summed E-state index contributed by atoms with van der Waals surface area (Å²) in [5.41, 5.74) is 1.19. The number of esters is 1. The van der Waals surface area contributed by atoms with Gasteiger partial charge >= 0.3 is 5.97 Å². The third kappa shape index (κ3) is 3.86. The van der Waals surface area contributed by atoms with E-state index in [0.29, 0.717) is 13.2 Å². The van der Waals surface area contributed by atoms with Gasteiger partial charge in [-0.05, 0) is 24.8 Å². The lowest BCUT2D eigenvalue weighted by atomic mass is 10.1. The molecule has 0 radical (unpaired) electrons. The molecular formula is C14H18O3. The standard InChI is InChI=1S/C14H18O3/c15-14(13-8-4-5-10-16-13)17-11-9-12-6-2-1-3-7-12/h1-3,6-7,13H,4-5,8-11H2. The molecular weight excluding hydrogens is 216 g/mol. The summed E-state index contributed by atoms with van der Waals surface area (Å²) >= 11 is 0. The first kappa shape index (κ1) is 12.1. The molecule has 3 nitrogen and oxygen atoms in total. The molecule has 3 heteroatoms. The average molecular weight is 234 g/mol. The van der Waals surface area contributed by atoms with E-state index in [-0.39, 0.29) is 12.1 Å². The van der Waals surface area contributed by atoms with Gasteiger partial charge in [0.15, 0.2) is 6.10 Å². The maximum absolute atomic E-state index is 11.6. The van der Waals surface area contributed by atoms with Gasteiger partial charge in [-0.15, -0.1) is 0 Å². The lowest BCUT2D eigenvalue weighted by Crippen LogP contribution is -2.30. The summed E-state index contributed by atoms with van der Waals surface area (Å²) in [7, 11) is 0. The molecule has 0 saturated carbocycles. The van der Waals surface area contributed by atoms with E-state index >= 15 is 0 Å². The Labute approximate surface area is 102 Å². The van der Waals surface area contributed by atoms with Crippen LogP contribution in [0, 0.1) is 0 Å². The Morgan fingerprint density at radius 2 is 2.12 bits per heavy atom. The molecule has 2 rings (SSSR count). The fourth-order valence-corrected chi connectivity index (χ4v) is 1.93. The second kappa shape index (κ2) is 6.40. The van der Waals surface area contributed by atoms with Crippen LogP contribution in [-0.2, 0) is 20.7 Å². The van der Waals surface area contributed by atoms with Crippen molar-refractivity contribution in [1.29, 1.82) is 0 Å². The van der Waals surface area contributed by atoms with Crippen LogP contribution < -0.4 is 0 Å². The number of carbonyl (C=O) groups is 1. The van der Waals surface area contributed by atoms with E-state index in [1.165, 1.54) is 5.56 Å². The highest BCUT2D eigenvalue weighted by molar-refractivity contribution is 5.74. The van der Waals surface area contributed by atoms with E-state index < -0.39 is 0 Å². The van der Waals surface area contributed by atoms with Crippen molar-refractivity contribution >= 4 is 5.97 Å². The molecule has 1 aromatic carbocycles. The average Bonchev–Trinajstić information content (AvgIpc) is 2.41. The van der Waals surface area contributed by atoms with Gasteiger partial charge < -0.3 is 9.47 Å². The molecule has 1 atom stereocenters. The minimum absolute atomic E-state index is 0.208. The Bertz CT molecular complexity index is 342. The second-order valence-electron chi connectivity index (χ2n) is 4.26. The second-order valence-corrected chi connectivity index (χ2v) is 4.26. The summed E-state index contributed by atoms with van der Waals surface area (Å²) in [6, 6.07) is 10.0. The normalized spacial score (nSPS) is 19.9. The van der Waals surface area contributed by atoms with Crippen LogP contribution in [0.15, 0.2) is 30.3 Å². The van der Waals surface area contributed by atoms with Crippen LogP contribution in [0.5, 0.6) is 0 Å². The molecule has 92 valence electrons. The largest absolute Gasteiger partial charge is 0.463 e. The van der Waals surface area contributed by atoms with E-state index in [0.717, 1.165) is 25.7 Å². The topological polar surface area (TPSA) is 35.5 Å². The van der Waals surface area contributed by atoms with Crippen LogP contribution in [0.1, 0.15) is 24.8 Å². The summed E-state index contributed by atoms with van der Waals surface area (Å²) in [6.07, 6.45) is 3.33. The maximum atomic E-state index is 11.6. The Morgan fingerprint density at radius 1 is 1.29 bits per heavy atom. The maximum Gasteiger partial charge on any atom is 0.335 e. The summed E-state index contributed by atoms with van der Waals surface area (Å²) in [6.45, 7) is 1.11. The van der Waals surface area contributed by atoms with Crippen molar-refractivity contribution in [2.24, 2.45) is 0 Å². The summed E-state index contributed by atoms with van der Waals surface area (Å²) in [4.78, 5) is 11.6. The summed E-state index contributed by atoms with van der Waals surface area (Å²) in [5.74, 6) is -0.208. The van der Waals surface area contributed by atoms with Crippen LogP contribution in [0.4, 0.5) is 0 Å². The highest BCUT2D eigenvalue weighted by atomic mass is 16.6. The third-order valence-electron chi connectivity index (χ3n) is 2.92. The minimum atomic E-state index is -0.334. The quantitative estimate of drug-likeness (QED) is 0.750. The van der Waals surface area contributed by atoms with Crippen molar-refractivity contribution in [3.8, 4) is 0 Å². The molecule has 0 amide bonds. The fraction of sp³-hybridized carbons (Fsp3) is 0.500. The monoisotopic (exact) mass is 234 g/mol. The zero-order chi connectivity index (χ0) is 11.9. The van der Waals surface area contributed by atoms with Gasteiger partial charge in [0.25, 0.3) is 0 Å². The highest BCUT2D eigenvalue weighted by Gasteiger charge is 2.22. The van der Waals surface area contributed by atoms with Crippen molar-refractivity contribution in [3.05, 3.63) is 35.9 Å². The van der Waals surface area contributed by atoms with Gasteiger partial charge in [-0.2, -0.15) is 0 Å². The predicted molar refractivity (Wildman–Crippen MR) is 64.7 cm³/mol. The van der Waals surface area contributed by atoms with Crippen LogP contribution >= 0.6 is 0 Å². The SMILES string of the molecule is O=C(OCCc1ccccc1)C1CCCCO1. The molecule has 0 aliphatic carbocycles. The molecule has 1 aliphatic rings. The van der Waals surface area contributed by atoms with E-state index in [9.17, 15) is 4.79 Å². The molecule has 0 N–H and O–H groups in total. The van der Waals surface area contributed by atoms with Crippen LogP contribution in [-0.4, -0.2) is 25.3 Å². The first-order chi connectivity index (χ1) is 8.36. The van der Waals surface area contributed by atoms with Crippen molar-refractivity contribution in [2.75, 3.05) is 13.2 Å². The van der Waals surface area contributed by atoms with Gasteiger partial charge in [0.05, 0.1) is 6.61 Å². The molecule has 1 unspecified atom stereocenters. The Morgan fingerprint density at radius 3 is 2.82 bits per heavy atom. The minimum Gasteiger partial charge on any atom is -0.463 e. The third-order valence-corrected chi connectivity index (χ3v) is 2.92. The molecule has 17 heavy (non-hydrogen) atoms. The van der Waals surface area contributed by atoms with Gasteiger partial charge in [-0.3, -0.25) is 0 Å². The van der Waals surface area contributed by atoms with E-state index in [2.05, 4.69) is 0 Å². The Balaban J connectivity index is 1.69. The fourth-order valence-electron chi connectivity index (χ4n) is 1.93. The van der Waals surface area contributed by atoms with Crippen molar-refractivity contribution in [2.45, 2.75) is 31.8 Å². The van der Waals surface area contributed by atoms with Gasteiger partial charge in [0.2, 0.25) is 0 Å². The number of hydrogen-bond acceptors (Lipinski definition) is 3. The van der Waals surface area contributed by atoms with Gasteiger partial charge in [-0.1, -0.05) is 30.3 Å². The van der Waals surface area contributed by atoms with Crippen LogP contribution in [0.2, 0.25) is 0 Å². The molecule has 1 aliphatic heterocycles. The smallest absolute Gasteiger partial charge is 0.335 e. The Kier molecular flexibility index (Phi) is 4.56. The molecule has 0 spiro atoms. The van der Waals surface area contributed by atoms with Gasteiger partial charge in [-0.25, -0.2) is 4.79 Å². The van der Waals surface area contributed by atoms with Crippen molar-refractivity contribution in [1.82, 2.24) is 0 Å². The molecule has 1 heterocycles. The Hall–Kier alpha value is -1.35. The van der Waals surface area contributed by atoms with Gasteiger partial charge in [0, 0.05) is 13.0 Å². The molecule has 1 aromatic rings. The number of rotatable bonds is 4. The number of carbonyl (C=O) groups excluding carboxylic acids is 1. The van der Waals surface area contributed by atoms with E-state index in [1.807, 2.05) is 30.3 Å². The van der Waals surface area contributed by atoms with Crippen molar-refractivity contribution < 1.29 is 14.3 Å². The van der Waals surface area contributed by atoms with E-state index in [1.54, 1.807) is 0 Å².